The smallest absolute Gasteiger partial charge is 0.432 e. The number of carbonyl (C=O) groups is 7. The number of hydroxylamine groups is 2. The van der Waals surface area contributed by atoms with Crippen molar-refractivity contribution >= 4 is 41.8 Å². The van der Waals surface area contributed by atoms with Crippen LogP contribution in [0.2, 0.25) is 0 Å². The topological polar surface area (TPSA) is 270 Å². The van der Waals surface area contributed by atoms with Crippen molar-refractivity contribution in [2.75, 3.05) is 26.2 Å². The molecule has 0 unspecified atom stereocenters. The fourth-order valence-corrected chi connectivity index (χ4v) is 5.47. The number of carboxylic acids is 4. The number of hydrogen-bond donors (Lipinski definition) is 5. The van der Waals surface area contributed by atoms with Crippen molar-refractivity contribution in [3.8, 4) is 22.8 Å². The lowest BCUT2D eigenvalue weighted by atomic mass is 10.1. The van der Waals surface area contributed by atoms with Gasteiger partial charge >= 0.3 is 30.0 Å². The van der Waals surface area contributed by atoms with Crippen LogP contribution in [0.3, 0.4) is 0 Å². The summed E-state index contributed by atoms with van der Waals surface area (Å²) >= 11 is 0. The van der Waals surface area contributed by atoms with Crippen LogP contribution in [0.5, 0.6) is 0 Å². The minimum absolute atomic E-state index is 0.0299. The quantitative estimate of drug-likeness (QED) is 0.0812. The molecule has 19 heteroatoms. The molecule has 1 fully saturated rings. The molecule has 4 rings (SSSR count). The molecule has 19 nitrogen and oxygen atoms in total. The molecule has 53 heavy (non-hydrogen) atoms. The summed E-state index contributed by atoms with van der Waals surface area (Å²) in [6.07, 6.45) is -0.522. The number of aromatic nitrogens is 3. The van der Waals surface area contributed by atoms with Crippen LogP contribution in [0.25, 0.3) is 22.8 Å². The van der Waals surface area contributed by atoms with Gasteiger partial charge in [-0.3, -0.25) is 38.6 Å². The first-order valence-corrected chi connectivity index (χ1v) is 16.3. The number of hydrogen-bond acceptors (Lipinski definition) is 13. The zero-order valence-corrected chi connectivity index (χ0v) is 28.3. The van der Waals surface area contributed by atoms with E-state index < -0.39 is 67.5 Å². The SMILES string of the molecule is O=C(O)CN(CC(=O)O)Cc1cccc(-c2cccc(-c3cccc(CN(CC(=O)O)[C@@H](CCCCNC(=O)ON4C(=O)CCC4=O)C(=O)O)n3)n2)n1. The van der Waals surface area contributed by atoms with Crippen LogP contribution < -0.4 is 5.32 Å². The third kappa shape index (κ3) is 12.1. The highest BCUT2D eigenvalue weighted by Gasteiger charge is 2.33. The molecule has 4 heterocycles. The predicted octanol–water partition coefficient (Wildman–Crippen LogP) is 1.48. The Morgan fingerprint density at radius 1 is 0.698 bits per heavy atom. The van der Waals surface area contributed by atoms with Gasteiger partial charge in [0.1, 0.15) is 6.04 Å². The van der Waals surface area contributed by atoms with Crippen LogP contribution in [0.1, 0.15) is 43.5 Å². The van der Waals surface area contributed by atoms with Gasteiger partial charge in [-0.15, -0.1) is 5.06 Å². The maximum atomic E-state index is 12.3. The number of carboxylic acid groups (broad SMARTS) is 4. The lowest BCUT2D eigenvalue weighted by molar-refractivity contribution is -0.171. The number of aliphatic carboxylic acids is 4. The normalized spacial score (nSPS) is 13.3. The standard InChI is InChI=1S/C34H37N7O12/c42-28-13-14-29(43)41(28)53-34(52)35-15-2-1-12-27(33(50)51)40(20-32(48)49)17-22-7-4-9-24(37-22)26-11-5-10-25(38-26)23-8-3-6-21(36-23)16-39(18-30(44)45)19-31(46)47/h3-11,27H,1-2,12-20H2,(H,35,52)(H,44,45)(H,46,47)(H,48,49)(H,50,51)/t27-/m0/s1. The fourth-order valence-electron chi connectivity index (χ4n) is 5.47. The van der Waals surface area contributed by atoms with Crippen molar-refractivity contribution in [3.63, 3.8) is 0 Å². The van der Waals surface area contributed by atoms with E-state index >= 15 is 0 Å². The Kier molecular flexibility index (Phi) is 14.0. The first kappa shape index (κ1) is 39.4. The molecule has 1 atom stereocenters. The van der Waals surface area contributed by atoms with Crippen molar-refractivity contribution in [3.05, 3.63) is 66.0 Å². The number of nitrogens with one attached hydrogen (secondary N) is 1. The van der Waals surface area contributed by atoms with Gasteiger partial charge in [0, 0.05) is 32.5 Å². The zero-order chi connectivity index (χ0) is 38.5. The molecule has 0 bridgehead atoms. The minimum Gasteiger partial charge on any atom is -0.480 e. The van der Waals surface area contributed by atoms with Crippen LogP contribution in [-0.4, -0.2) is 124 Å². The van der Waals surface area contributed by atoms with Gasteiger partial charge in [0.2, 0.25) is 0 Å². The van der Waals surface area contributed by atoms with E-state index in [1.54, 1.807) is 54.6 Å². The lowest BCUT2D eigenvalue weighted by Crippen LogP contribution is -2.43. The molecule has 1 aliphatic heterocycles. The van der Waals surface area contributed by atoms with Crippen LogP contribution in [0.15, 0.2) is 54.6 Å². The summed E-state index contributed by atoms with van der Waals surface area (Å²) in [4.78, 5) is 103. The van der Waals surface area contributed by atoms with E-state index in [9.17, 15) is 43.8 Å². The highest BCUT2D eigenvalue weighted by atomic mass is 16.7. The van der Waals surface area contributed by atoms with Crippen molar-refractivity contribution in [2.24, 2.45) is 0 Å². The fraction of sp³-hybridized carbons (Fsp3) is 0.353. The summed E-state index contributed by atoms with van der Waals surface area (Å²) in [5.41, 5.74) is 2.52. The van der Waals surface area contributed by atoms with Gasteiger partial charge in [-0.05, 0) is 55.7 Å². The van der Waals surface area contributed by atoms with Crippen molar-refractivity contribution in [1.29, 1.82) is 0 Å². The molecule has 0 radical (unpaired) electrons. The number of unbranched alkanes of at least 4 members (excludes halogenated alkanes) is 1. The summed E-state index contributed by atoms with van der Waals surface area (Å²) in [6, 6.07) is 13.9. The Balaban J connectivity index is 1.42. The summed E-state index contributed by atoms with van der Waals surface area (Å²) in [6.45, 7) is -1.70. The van der Waals surface area contributed by atoms with Gasteiger partial charge in [-0.1, -0.05) is 18.2 Å². The molecule has 0 aromatic carbocycles. The van der Waals surface area contributed by atoms with Gasteiger partial charge < -0.3 is 30.6 Å². The number of carbonyl (C=O) groups excluding carboxylic acids is 3. The molecular formula is C34H37N7O12. The summed E-state index contributed by atoms with van der Waals surface area (Å²) in [5.74, 6) is -6.12. The Hall–Kier alpha value is -6.34. The molecule has 3 aromatic heterocycles. The third-order valence-corrected chi connectivity index (χ3v) is 7.77. The summed E-state index contributed by atoms with van der Waals surface area (Å²) in [5, 5.41) is 40.7. The first-order valence-electron chi connectivity index (χ1n) is 16.3. The van der Waals surface area contributed by atoms with Crippen LogP contribution in [0.4, 0.5) is 4.79 Å². The van der Waals surface area contributed by atoms with Gasteiger partial charge in [0.25, 0.3) is 11.8 Å². The molecule has 3 aromatic rings. The average molecular weight is 736 g/mol. The number of amides is 3. The average Bonchev–Trinajstić information content (AvgIpc) is 3.41. The van der Waals surface area contributed by atoms with E-state index in [1.807, 2.05) is 0 Å². The van der Waals surface area contributed by atoms with Crippen molar-refractivity contribution in [2.45, 2.75) is 51.2 Å². The Bertz CT molecular complexity index is 1820. The monoisotopic (exact) mass is 735 g/mol. The molecule has 0 spiro atoms. The lowest BCUT2D eigenvalue weighted by Gasteiger charge is -2.27. The molecule has 1 saturated heterocycles. The van der Waals surface area contributed by atoms with E-state index in [2.05, 4.69) is 20.3 Å². The summed E-state index contributed by atoms with van der Waals surface area (Å²) < 4.78 is 0. The second-order valence-corrected chi connectivity index (χ2v) is 11.9. The van der Waals surface area contributed by atoms with Crippen LogP contribution in [0, 0.1) is 0 Å². The minimum atomic E-state index is -1.25. The highest BCUT2D eigenvalue weighted by molar-refractivity contribution is 6.01. The molecule has 3 amide bonds. The number of nitrogens with zero attached hydrogens (tertiary/aromatic N) is 6. The Morgan fingerprint density at radius 2 is 1.19 bits per heavy atom. The third-order valence-electron chi connectivity index (χ3n) is 7.77. The molecule has 1 aliphatic rings. The van der Waals surface area contributed by atoms with Gasteiger partial charge in [-0.2, -0.15) is 0 Å². The van der Waals surface area contributed by atoms with Gasteiger partial charge in [0.15, 0.2) is 0 Å². The molecule has 0 aliphatic carbocycles. The largest absolute Gasteiger partial charge is 0.480 e. The highest BCUT2D eigenvalue weighted by Crippen LogP contribution is 2.22. The van der Waals surface area contributed by atoms with Gasteiger partial charge in [0.05, 0.1) is 53.8 Å². The van der Waals surface area contributed by atoms with E-state index in [1.165, 1.54) is 9.80 Å². The number of imide groups is 1. The molecular weight excluding hydrogens is 698 g/mol. The molecule has 5 N–H and O–H groups in total. The first-order chi connectivity index (χ1) is 25.3. The van der Waals surface area contributed by atoms with Gasteiger partial charge in [-0.25, -0.2) is 19.7 Å². The zero-order valence-electron chi connectivity index (χ0n) is 28.3. The van der Waals surface area contributed by atoms with Crippen LogP contribution in [-0.2, 0) is 46.7 Å². The predicted molar refractivity (Wildman–Crippen MR) is 180 cm³/mol. The van der Waals surface area contributed by atoms with E-state index in [0.29, 0.717) is 39.2 Å². The second kappa shape index (κ2) is 18.8. The van der Waals surface area contributed by atoms with E-state index in [0.717, 1.165) is 0 Å². The second-order valence-electron chi connectivity index (χ2n) is 11.9. The maximum absolute atomic E-state index is 12.3. The molecule has 0 saturated carbocycles. The van der Waals surface area contributed by atoms with Crippen molar-refractivity contribution in [1.82, 2.24) is 35.1 Å². The Morgan fingerprint density at radius 3 is 1.70 bits per heavy atom. The summed E-state index contributed by atoms with van der Waals surface area (Å²) in [7, 11) is 0. The van der Waals surface area contributed by atoms with Crippen LogP contribution >= 0.6 is 0 Å². The number of pyridine rings is 3. The number of rotatable bonds is 20. The van der Waals surface area contributed by atoms with E-state index in [4.69, 9.17) is 15.1 Å². The maximum Gasteiger partial charge on any atom is 0.432 e. The molecule has 280 valence electrons. The Labute approximate surface area is 301 Å². The van der Waals surface area contributed by atoms with E-state index in [-0.39, 0.29) is 51.7 Å². The van der Waals surface area contributed by atoms with Crippen molar-refractivity contribution < 1.29 is 58.8 Å².